The van der Waals surface area contributed by atoms with Crippen LogP contribution in [0.4, 0.5) is 8.78 Å². The van der Waals surface area contributed by atoms with E-state index >= 15 is 0 Å². The van der Waals surface area contributed by atoms with Crippen molar-refractivity contribution < 1.29 is 13.9 Å². The number of aliphatic hydroxyl groups is 1. The number of halogens is 2. The van der Waals surface area contributed by atoms with E-state index in [1.807, 2.05) is 0 Å². The van der Waals surface area contributed by atoms with Gasteiger partial charge >= 0.3 is 0 Å². The Bertz CT molecular complexity index is 201. The van der Waals surface area contributed by atoms with Gasteiger partial charge in [0, 0.05) is 6.54 Å². The van der Waals surface area contributed by atoms with Crippen molar-refractivity contribution in [1.29, 1.82) is 0 Å². The molecule has 0 aromatic carbocycles. The lowest BCUT2D eigenvalue weighted by molar-refractivity contribution is 0.0188. The summed E-state index contributed by atoms with van der Waals surface area (Å²) in [6.45, 7) is 2.55. The molecule has 2 nitrogen and oxygen atoms in total. The van der Waals surface area contributed by atoms with Crippen LogP contribution in [-0.4, -0.2) is 42.7 Å². The highest BCUT2D eigenvalue weighted by atomic mass is 19.3. The molecule has 4 heteroatoms. The summed E-state index contributed by atoms with van der Waals surface area (Å²) in [5.74, 6) is 0.829. The van der Waals surface area contributed by atoms with Crippen molar-refractivity contribution in [3.05, 3.63) is 0 Å². The molecule has 0 radical (unpaired) electrons. The first-order valence-corrected chi connectivity index (χ1v) is 6.17. The highest BCUT2D eigenvalue weighted by molar-refractivity contribution is 4.81. The first-order chi connectivity index (χ1) is 7.52. The van der Waals surface area contributed by atoms with Crippen molar-refractivity contribution in [2.75, 3.05) is 20.1 Å². The zero-order valence-corrected chi connectivity index (χ0v) is 10.2. The van der Waals surface area contributed by atoms with Gasteiger partial charge in [-0.05, 0) is 38.1 Å². The van der Waals surface area contributed by atoms with Crippen molar-refractivity contribution in [3.63, 3.8) is 0 Å². The molecule has 3 unspecified atom stereocenters. The quantitative estimate of drug-likeness (QED) is 0.791. The van der Waals surface area contributed by atoms with Gasteiger partial charge < -0.3 is 10.0 Å². The van der Waals surface area contributed by atoms with Crippen molar-refractivity contribution >= 4 is 0 Å². The van der Waals surface area contributed by atoms with Crippen LogP contribution in [0.1, 0.15) is 32.6 Å². The van der Waals surface area contributed by atoms with Crippen LogP contribution in [-0.2, 0) is 0 Å². The fraction of sp³-hybridized carbons (Fsp3) is 1.00. The Morgan fingerprint density at radius 3 is 2.62 bits per heavy atom. The van der Waals surface area contributed by atoms with Crippen LogP contribution in [0.5, 0.6) is 0 Å². The lowest BCUT2D eigenvalue weighted by Gasteiger charge is -2.35. The monoisotopic (exact) mass is 235 g/mol. The maximum atomic E-state index is 12.2. The molecule has 1 N–H and O–H groups in total. The van der Waals surface area contributed by atoms with E-state index in [0.29, 0.717) is 12.5 Å². The van der Waals surface area contributed by atoms with E-state index in [4.69, 9.17) is 0 Å². The Morgan fingerprint density at radius 2 is 2.06 bits per heavy atom. The first kappa shape index (κ1) is 13.8. The van der Waals surface area contributed by atoms with Crippen LogP contribution in [0.25, 0.3) is 0 Å². The fourth-order valence-corrected chi connectivity index (χ4v) is 2.62. The first-order valence-electron chi connectivity index (χ1n) is 6.17. The van der Waals surface area contributed by atoms with Crippen LogP contribution in [0.3, 0.4) is 0 Å². The molecule has 0 heterocycles. The van der Waals surface area contributed by atoms with E-state index < -0.39 is 6.43 Å². The molecule has 1 fully saturated rings. The number of alkyl halides is 2. The maximum absolute atomic E-state index is 12.2. The number of aliphatic hydroxyl groups excluding tert-OH is 1. The molecule has 0 spiro atoms. The number of nitrogens with zero attached hydrogens (tertiary/aromatic N) is 1. The van der Waals surface area contributed by atoms with Gasteiger partial charge in [0.15, 0.2) is 0 Å². The Balaban J connectivity index is 2.38. The third-order valence-corrected chi connectivity index (χ3v) is 3.62. The molecule has 0 saturated heterocycles. The highest BCUT2D eigenvalue weighted by Crippen LogP contribution is 2.31. The van der Waals surface area contributed by atoms with Gasteiger partial charge in [-0.1, -0.05) is 13.3 Å². The average molecular weight is 235 g/mol. The molecular weight excluding hydrogens is 212 g/mol. The lowest BCUT2D eigenvalue weighted by atomic mass is 9.78. The van der Waals surface area contributed by atoms with Gasteiger partial charge in [0.25, 0.3) is 6.43 Å². The van der Waals surface area contributed by atoms with Crippen LogP contribution in [0.2, 0.25) is 0 Å². The van der Waals surface area contributed by atoms with Gasteiger partial charge in [-0.2, -0.15) is 0 Å². The SMILES string of the molecule is CCC1CCC(O)C(CN(C)CC(F)F)C1. The lowest BCUT2D eigenvalue weighted by Crippen LogP contribution is -2.38. The van der Waals surface area contributed by atoms with E-state index in [1.165, 1.54) is 0 Å². The second-order valence-corrected chi connectivity index (χ2v) is 5.03. The van der Waals surface area contributed by atoms with Gasteiger partial charge in [-0.25, -0.2) is 8.78 Å². The van der Waals surface area contributed by atoms with Crippen molar-refractivity contribution in [1.82, 2.24) is 4.90 Å². The van der Waals surface area contributed by atoms with Crippen molar-refractivity contribution in [3.8, 4) is 0 Å². The van der Waals surface area contributed by atoms with Gasteiger partial charge in [-0.15, -0.1) is 0 Å². The van der Waals surface area contributed by atoms with Gasteiger partial charge in [0.1, 0.15) is 0 Å². The minimum absolute atomic E-state index is 0.169. The van der Waals surface area contributed by atoms with Gasteiger partial charge in [0.05, 0.1) is 12.6 Å². The molecule has 0 aromatic rings. The molecule has 3 atom stereocenters. The van der Waals surface area contributed by atoms with E-state index in [9.17, 15) is 13.9 Å². The molecule has 96 valence electrons. The summed E-state index contributed by atoms with van der Waals surface area (Å²) in [6.07, 6.45) is 1.42. The minimum Gasteiger partial charge on any atom is -0.393 e. The van der Waals surface area contributed by atoms with Gasteiger partial charge in [-0.3, -0.25) is 0 Å². The van der Waals surface area contributed by atoms with E-state index in [0.717, 1.165) is 25.7 Å². The summed E-state index contributed by atoms with van der Waals surface area (Å²) in [7, 11) is 1.70. The molecule has 16 heavy (non-hydrogen) atoms. The Hall–Kier alpha value is -0.220. The Morgan fingerprint density at radius 1 is 1.38 bits per heavy atom. The van der Waals surface area contributed by atoms with Gasteiger partial charge in [0.2, 0.25) is 0 Å². The fourth-order valence-electron chi connectivity index (χ4n) is 2.62. The van der Waals surface area contributed by atoms with Crippen molar-refractivity contribution in [2.24, 2.45) is 11.8 Å². The average Bonchev–Trinajstić information content (AvgIpc) is 2.20. The van der Waals surface area contributed by atoms with Crippen LogP contribution < -0.4 is 0 Å². The molecule has 1 saturated carbocycles. The topological polar surface area (TPSA) is 23.5 Å². The normalized spacial score (nSPS) is 31.3. The summed E-state index contributed by atoms with van der Waals surface area (Å²) in [5, 5.41) is 9.85. The summed E-state index contributed by atoms with van der Waals surface area (Å²) < 4.78 is 24.4. The van der Waals surface area contributed by atoms with Crippen LogP contribution in [0.15, 0.2) is 0 Å². The van der Waals surface area contributed by atoms with Crippen LogP contribution >= 0.6 is 0 Å². The van der Waals surface area contributed by atoms with E-state index in [2.05, 4.69) is 6.92 Å². The number of hydrogen-bond donors (Lipinski definition) is 1. The molecule has 0 bridgehead atoms. The number of hydrogen-bond acceptors (Lipinski definition) is 2. The minimum atomic E-state index is -2.28. The van der Waals surface area contributed by atoms with Crippen molar-refractivity contribution in [2.45, 2.75) is 45.1 Å². The molecule has 0 amide bonds. The van der Waals surface area contributed by atoms with E-state index in [1.54, 1.807) is 11.9 Å². The zero-order chi connectivity index (χ0) is 12.1. The van der Waals surface area contributed by atoms with Crippen LogP contribution in [0, 0.1) is 11.8 Å². The highest BCUT2D eigenvalue weighted by Gasteiger charge is 2.29. The Kier molecular flexibility index (Phi) is 5.62. The predicted molar refractivity (Wildman–Crippen MR) is 60.6 cm³/mol. The summed E-state index contributed by atoms with van der Waals surface area (Å²) in [6, 6.07) is 0. The zero-order valence-electron chi connectivity index (χ0n) is 10.2. The largest absolute Gasteiger partial charge is 0.393 e. The smallest absolute Gasteiger partial charge is 0.251 e. The third kappa shape index (κ3) is 4.34. The summed E-state index contributed by atoms with van der Waals surface area (Å²) in [5.41, 5.74) is 0. The summed E-state index contributed by atoms with van der Waals surface area (Å²) >= 11 is 0. The predicted octanol–water partition coefficient (Wildman–Crippen LogP) is 2.37. The molecule has 1 aliphatic carbocycles. The Labute approximate surface area is 96.6 Å². The second kappa shape index (κ2) is 6.50. The molecule has 1 aliphatic rings. The third-order valence-electron chi connectivity index (χ3n) is 3.62. The standard InChI is InChI=1S/C12H23F2NO/c1-3-9-4-5-11(16)10(6-9)7-15(2)8-12(13)14/h9-12,16H,3-8H2,1-2H3. The second-order valence-electron chi connectivity index (χ2n) is 5.03. The number of rotatable bonds is 5. The molecule has 1 rings (SSSR count). The summed E-state index contributed by atoms with van der Waals surface area (Å²) in [4.78, 5) is 1.64. The van der Waals surface area contributed by atoms with E-state index in [-0.39, 0.29) is 18.6 Å². The molecular formula is C12H23F2NO. The molecule has 0 aliphatic heterocycles. The molecule has 0 aromatic heterocycles. The maximum Gasteiger partial charge on any atom is 0.251 e.